The molecule has 0 radical (unpaired) electrons. The highest BCUT2D eigenvalue weighted by atomic mass is 15.3. The number of nitrogen functional groups attached to an aromatic ring is 1. The fraction of sp³-hybridized carbons (Fsp3) is 0.188. The van der Waals surface area contributed by atoms with E-state index in [0.717, 1.165) is 22.5 Å². The lowest BCUT2D eigenvalue weighted by molar-refractivity contribution is 0.803. The first kappa shape index (κ1) is 13.3. The predicted octanol–water partition coefficient (Wildman–Crippen LogP) is 2.84. The van der Waals surface area contributed by atoms with Crippen molar-refractivity contribution in [3.63, 3.8) is 0 Å². The summed E-state index contributed by atoms with van der Waals surface area (Å²) >= 11 is 0. The van der Waals surface area contributed by atoms with Gasteiger partial charge in [-0.3, -0.25) is 0 Å². The second-order valence-corrected chi connectivity index (χ2v) is 5.05. The Bertz CT molecular complexity index is 790. The third kappa shape index (κ3) is 2.38. The first-order valence-corrected chi connectivity index (χ1v) is 6.79. The van der Waals surface area contributed by atoms with Gasteiger partial charge in [-0.25, -0.2) is 14.6 Å². The fourth-order valence-electron chi connectivity index (χ4n) is 2.22. The van der Waals surface area contributed by atoms with Crippen molar-refractivity contribution in [1.82, 2.24) is 19.7 Å². The highest BCUT2D eigenvalue weighted by molar-refractivity contribution is 5.58. The number of aryl methyl sites for hydroxylation is 1. The molecule has 0 unspecified atom stereocenters. The van der Waals surface area contributed by atoms with Gasteiger partial charge < -0.3 is 5.73 Å². The van der Waals surface area contributed by atoms with Gasteiger partial charge in [-0.1, -0.05) is 30.3 Å². The Morgan fingerprint density at radius 1 is 1.00 bits per heavy atom. The molecule has 106 valence electrons. The van der Waals surface area contributed by atoms with Crippen molar-refractivity contribution >= 4 is 5.82 Å². The standard InChI is InChI=1S/C16H17N5/c1-10-11(2)20-21(12(10)3)15-9-14(17)18-16(19-15)13-7-5-4-6-8-13/h4-9H,1-3H3,(H2,17,18,19). The van der Waals surface area contributed by atoms with Gasteiger partial charge in [0, 0.05) is 17.3 Å². The SMILES string of the molecule is Cc1nn(-c2cc(N)nc(-c3ccccc3)n2)c(C)c1C. The fourth-order valence-corrected chi connectivity index (χ4v) is 2.22. The van der Waals surface area contributed by atoms with Crippen LogP contribution in [-0.2, 0) is 0 Å². The number of aromatic nitrogens is 4. The molecule has 21 heavy (non-hydrogen) atoms. The summed E-state index contributed by atoms with van der Waals surface area (Å²) in [6, 6.07) is 11.5. The van der Waals surface area contributed by atoms with Gasteiger partial charge in [0.05, 0.1) is 5.69 Å². The molecule has 2 aromatic heterocycles. The van der Waals surface area contributed by atoms with E-state index in [4.69, 9.17) is 5.73 Å². The highest BCUT2D eigenvalue weighted by Crippen LogP contribution is 2.20. The highest BCUT2D eigenvalue weighted by Gasteiger charge is 2.12. The van der Waals surface area contributed by atoms with E-state index < -0.39 is 0 Å². The molecule has 0 aliphatic rings. The number of rotatable bonds is 2. The normalized spacial score (nSPS) is 10.8. The number of benzene rings is 1. The van der Waals surface area contributed by atoms with Crippen LogP contribution < -0.4 is 5.73 Å². The van der Waals surface area contributed by atoms with Gasteiger partial charge in [-0.2, -0.15) is 5.10 Å². The largest absolute Gasteiger partial charge is 0.384 e. The Labute approximate surface area is 123 Å². The van der Waals surface area contributed by atoms with E-state index in [1.54, 1.807) is 6.07 Å². The van der Waals surface area contributed by atoms with Crippen LogP contribution in [0.4, 0.5) is 5.82 Å². The van der Waals surface area contributed by atoms with Crippen LogP contribution in [0.2, 0.25) is 0 Å². The lowest BCUT2D eigenvalue weighted by Gasteiger charge is -2.07. The minimum Gasteiger partial charge on any atom is -0.384 e. The van der Waals surface area contributed by atoms with Crippen LogP contribution in [0.25, 0.3) is 17.2 Å². The van der Waals surface area contributed by atoms with E-state index >= 15 is 0 Å². The molecular weight excluding hydrogens is 262 g/mol. The summed E-state index contributed by atoms with van der Waals surface area (Å²) in [6.07, 6.45) is 0. The summed E-state index contributed by atoms with van der Waals surface area (Å²) in [5.74, 6) is 1.73. The van der Waals surface area contributed by atoms with Crippen molar-refractivity contribution < 1.29 is 0 Å². The molecule has 2 heterocycles. The zero-order valence-corrected chi connectivity index (χ0v) is 12.3. The zero-order chi connectivity index (χ0) is 15.0. The lowest BCUT2D eigenvalue weighted by Crippen LogP contribution is -2.06. The number of nitrogens with two attached hydrogens (primary N) is 1. The van der Waals surface area contributed by atoms with Gasteiger partial charge in [-0.15, -0.1) is 0 Å². The molecule has 0 saturated carbocycles. The van der Waals surface area contributed by atoms with E-state index in [2.05, 4.69) is 22.0 Å². The van der Waals surface area contributed by atoms with Crippen LogP contribution in [0.3, 0.4) is 0 Å². The molecule has 2 N–H and O–H groups in total. The average Bonchev–Trinajstić information content (AvgIpc) is 2.75. The quantitative estimate of drug-likeness (QED) is 0.783. The summed E-state index contributed by atoms with van der Waals surface area (Å²) in [4.78, 5) is 8.91. The molecule has 0 fully saturated rings. The van der Waals surface area contributed by atoms with E-state index in [0.29, 0.717) is 17.5 Å². The molecule has 0 aliphatic heterocycles. The molecule has 5 heteroatoms. The Balaban J connectivity index is 2.16. The molecule has 3 rings (SSSR count). The Hall–Kier alpha value is -2.69. The summed E-state index contributed by atoms with van der Waals surface area (Å²) in [5.41, 5.74) is 10.1. The Morgan fingerprint density at radius 2 is 1.71 bits per heavy atom. The van der Waals surface area contributed by atoms with Gasteiger partial charge in [0.25, 0.3) is 0 Å². The molecule has 0 bridgehead atoms. The molecule has 3 aromatic rings. The molecule has 0 amide bonds. The van der Waals surface area contributed by atoms with Crippen LogP contribution in [0, 0.1) is 20.8 Å². The van der Waals surface area contributed by atoms with E-state index in [1.165, 1.54) is 0 Å². The maximum atomic E-state index is 5.94. The zero-order valence-electron chi connectivity index (χ0n) is 12.3. The van der Waals surface area contributed by atoms with Crippen LogP contribution in [0.15, 0.2) is 36.4 Å². The third-order valence-corrected chi connectivity index (χ3v) is 3.63. The summed E-state index contributed by atoms with van der Waals surface area (Å²) in [5, 5.41) is 4.53. The van der Waals surface area contributed by atoms with Crippen LogP contribution >= 0.6 is 0 Å². The maximum absolute atomic E-state index is 5.94. The number of hydrogen-bond donors (Lipinski definition) is 1. The van der Waals surface area contributed by atoms with E-state index in [9.17, 15) is 0 Å². The van der Waals surface area contributed by atoms with Crippen molar-refractivity contribution in [1.29, 1.82) is 0 Å². The summed E-state index contributed by atoms with van der Waals surface area (Å²) in [7, 11) is 0. The summed E-state index contributed by atoms with van der Waals surface area (Å²) in [6.45, 7) is 6.06. The van der Waals surface area contributed by atoms with Crippen molar-refractivity contribution in [2.75, 3.05) is 5.73 Å². The number of hydrogen-bond acceptors (Lipinski definition) is 4. The van der Waals surface area contributed by atoms with Gasteiger partial charge in [0.2, 0.25) is 0 Å². The third-order valence-electron chi connectivity index (χ3n) is 3.63. The topological polar surface area (TPSA) is 69.6 Å². The van der Waals surface area contributed by atoms with Crippen molar-refractivity contribution in [2.45, 2.75) is 20.8 Å². The monoisotopic (exact) mass is 279 g/mol. The molecule has 0 aliphatic carbocycles. The number of nitrogens with zero attached hydrogens (tertiary/aromatic N) is 4. The molecule has 0 atom stereocenters. The first-order valence-electron chi connectivity index (χ1n) is 6.79. The first-order chi connectivity index (χ1) is 10.1. The molecule has 5 nitrogen and oxygen atoms in total. The predicted molar refractivity (Wildman–Crippen MR) is 83.2 cm³/mol. The lowest BCUT2D eigenvalue weighted by atomic mass is 10.2. The van der Waals surface area contributed by atoms with Crippen molar-refractivity contribution in [3.8, 4) is 17.2 Å². The molecule has 0 spiro atoms. The second-order valence-electron chi connectivity index (χ2n) is 5.05. The minimum atomic E-state index is 0.434. The van der Waals surface area contributed by atoms with E-state index in [-0.39, 0.29) is 0 Å². The van der Waals surface area contributed by atoms with Crippen LogP contribution in [0.5, 0.6) is 0 Å². The number of anilines is 1. The Morgan fingerprint density at radius 3 is 2.33 bits per heavy atom. The van der Waals surface area contributed by atoms with E-state index in [1.807, 2.05) is 48.9 Å². The average molecular weight is 279 g/mol. The van der Waals surface area contributed by atoms with Gasteiger partial charge in [0.1, 0.15) is 5.82 Å². The van der Waals surface area contributed by atoms with Gasteiger partial charge in [-0.05, 0) is 26.3 Å². The van der Waals surface area contributed by atoms with Crippen LogP contribution in [0.1, 0.15) is 17.0 Å². The van der Waals surface area contributed by atoms with Crippen molar-refractivity contribution in [3.05, 3.63) is 53.3 Å². The molecular formula is C16H17N5. The minimum absolute atomic E-state index is 0.434. The maximum Gasteiger partial charge on any atom is 0.163 e. The summed E-state index contributed by atoms with van der Waals surface area (Å²) < 4.78 is 1.81. The molecule has 1 aromatic carbocycles. The van der Waals surface area contributed by atoms with Crippen molar-refractivity contribution in [2.24, 2.45) is 0 Å². The second kappa shape index (κ2) is 5.01. The van der Waals surface area contributed by atoms with Crippen LogP contribution in [-0.4, -0.2) is 19.7 Å². The smallest absolute Gasteiger partial charge is 0.163 e. The van der Waals surface area contributed by atoms with Gasteiger partial charge >= 0.3 is 0 Å². The Kier molecular flexibility index (Phi) is 3.17. The van der Waals surface area contributed by atoms with Gasteiger partial charge in [0.15, 0.2) is 11.6 Å². The molecule has 0 saturated heterocycles.